The Bertz CT molecular complexity index is 1010. The number of rotatable bonds is 5. The zero-order valence-electron chi connectivity index (χ0n) is 19.5. The number of hydrogen-bond donors (Lipinski definition) is 0. The minimum absolute atomic E-state index is 0.0130. The molecule has 3 fully saturated rings. The average Bonchev–Trinajstić information content (AvgIpc) is 3.64. The fourth-order valence-electron chi connectivity index (χ4n) is 5.61. The summed E-state index contributed by atoms with van der Waals surface area (Å²) in [4.78, 5) is 32.0. The second-order valence-electron chi connectivity index (χ2n) is 9.40. The number of benzene rings is 1. The van der Waals surface area contributed by atoms with E-state index in [1.807, 2.05) is 4.90 Å². The third kappa shape index (κ3) is 4.51. The molecular weight excluding hydrogens is 439 g/mol. The Kier molecular flexibility index (Phi) is 6.49. The van der Waals surface area contributed by atoms with Gasteiger partial charge in [-0.1, -0.05) is 18.1 Å². The van der Waals surface area contributed by atoms with Gasteiger partial charge in [0.1, 0.15) is 5.82 Å². The zero-order chi connectivity index (χ0) is 23.7. The first-order valence-electron chi connectivity index (χ1n) is 12.1. The van der Waals surface area contributed by atoms with Crippen molar-refractivity contribution >= 4 is 17.6 Å². The van der Waals surface area contributed by atoms with Gasteiger partial charge in [-0.05, 0) is 43.5 Å². The molecular formula is C24H31FN6O3. The Labute approximate surface area is 198 Å². The van der Waals surface area contributed by atoms with Crippen LogP contribution in [0.3, 0.4) is 0 Å². The Hall–Kier alpha value is -3.01. The molecule has 34 heavy (non-hydrogen) atoms. The van der Waals surface area contributed by atoms with E-state index in [0.717, 1.165) is 38.2 Å². The molecule has 5 rings (SSSR count). The molecule has 0 unspecified atom stereocenters. The minimum Gasteiger partial charge on any atom is -0.464 e. The Morgan fingerprint density at radius 1 is 1.03 bits per heavy atom. The van der Waals surface area contributed by atoms with E-state index in [9.17, 15) is 14.0 Å². The largest absolute Gasteiger partial charge is 0.464 e. The van der Waals surface area contributed by atoms with Crippen LogP contribution in [0.1, 0.15) is 48.6 Å². The molecule has 1 saturated carbocycles. The molecule has 2 saturated heterocycles. The standard InChI is InChI=1S/C24H31FN6O3/c1-34-24(33)21-16-31(27-26-21)20-14-22(30(15-20)19-4-2-3-5-19)23(32)29-12-10-28(11-13-29)18-8-6-17(25)7-9-18/h6-9,16,19-20,22H,2-5,10-15H2,1H3/t20-,22+/m1/s1. The molecule has 0 spiro atoms. The zero-order valence-corrected chi connectivity index (χ0v) is 19.5. The number of hydrogen-bond acceptors (Lipinski definition) is 7. The van der Waals surface area contributed by atoms with Crippen molar-refractivity contribution in [3.05, 3.63) is 42.0 Å². The van der Waals surface area contributed by atoms with Crippen LogP contribution in [0.5, 0.6) is 0 Å². The van der Waals surface area contributed by atoms with E-state index in [4.69, 9.17) is 4.74 Å². The van der Waals surface area contributed by atoms with Gasteiger partial charge in [0, 0.05) is 44.5 Å². The van der Waals surface area contributed by atoms with E-state index in [-0.39, 0.29) is 29.5 Å². The molecule has 3 aliphatic rings. The first-order chi connectivity index (χ1) is 16.5. The maximum Gasteiger partial charge on any atom is 0.360 e. The normalized spacial score (nSPS) is 24.1. The Morgan fingerprint density at radius 3 is 2.41 bits per heavy atom. The molecule has 1 aromatic heterocycles. The lowest BCUT2D eigenvalue weighted by molar-refractivity contribution is -0.137. The molecule has 2 aromatic rings. The highest BCUT2D eigenvalue weighted by atomic mass is 19.1. The molecule has 10 heteroatoms. The van der Waals surface area contributed by atoms with Gasteiger partial charge in [0.15, 0.2) is 5.69 Å². The second kappa shape index (κ2) is 9.69. The quantitative estimate of drug-likeness (QED) is 0.619. The predicted octanol–water partition coefficient (Wildman–Crippen LogP) is 2.11. The smallest absolute Gasteiger partial charge is 0.360 e. The molecule has 3 heterocycles. The molecule has 0 bridgehead atoms. The maximum atomic E-state index is 13.7. The van der Waals surface area contributed by atoms with Crippen molar-refractivity contribution in [2.75, 3.05) is 44.7 Å². The van der Waals surface area contributed by atoms with E-state index in [1.165, 1.54) is 32.1 Å². The summed E-state index contributed by atoms with van der Waals surface area (Å²) < 4.78 is 19.7. The van der Waals surface area contributed by atoms with E-state index >= 15 is 0 Å². The first-order valence-corrected chi connectivity index (χ1v) is 12.1. The number of piperazine rings is 1. The number of amides is 1. The van der Waals surface area contributed by atoms with Gasteiger partial charge in [-0.15, -0.1) is 5.10 Å². The highest BCUT2D eigenvalue weighted by Crippen LogP contribution is 2.35. The third-order valence-corrected chi connectivity index (χ3v) is 7.46. The van der Waals surface area contributed by atoms with Crippen LogP contribution in [0.25, 0.3) is 0 Å². The van der Waals surface area contributed by atoms with Gasteiger partial charge >= 0.3 is 5.97 Å². The van der Waals surface area contributed by atoms with Gasteiger partial charge in [0.2, 0.25) is 5.91 Å². The number of nitrogens with zero attached hydrogens (tertiary/aromatic N) is 6. The fraction of sp³-hybridized carbons (Fsp3) is 0.583. The summed E-state index contributed by atoms with van der Waals surface area (Å²) in [6.07, 6.45) is 6.88. The predicted molar refractivity (Wildman–Crippen MR) is 123 cm³/mol. The van der Waals surface area contributed by atoms with E-state index in [1.54, 1.807) is 23.0 Å². The van der Waals surface area contributed by atoms with Crippen molar-refractivity contribution in [1.29, 1.82) is 0 Å². The van der Waals surface area contributed by atoms with Gasteiger partial charge in [-0.3, -0.25) is 9.69 Å². The van der Waals surface area contributed by atoms with Gasteiger partial charge in [-0.25, -0.2) is 13.9 Å². The summed E-state index contributed by atoms with van der Waals surface area (Å²) in [7, 11) is 1.32. The average molecular weight is 471 g/mol. The lowest BCUT2D eigenvalue weighted by Crippen LogP contribution is -2.54. The van der Waals surface area contributed by atoms with Crippen molar-refractivity contribution in [3.63, 3.8) is 0 Å². The topological polar surface area (TPSA) is 83.8 Å². The van der Waals surface area contributed by atoms with Crippen LogP contribution in [0.15, 0.2) is 30.5 Å². The lowest BCUT2D eigenvalue weighted by Gasteiger charge is -2.39. The van der Waals surface area contributed by atoms with Crippen LogP contribution in [-0.4, -0.2) is 88.6 Å². The Balaban J connectivity index is 1.27. The second-order valence-corrected chi connectivity index (χ2v) is 9.40. The van der Waals surface area contributed by atoms with E-state index < -0.39 is 5.97 Å². The summed E-state index contributed by atoms with van der Waals surface area (Å²) in [5.74, 6) is -0.587. The van der Waals surface area contributed by atoms with Crippen molar-refractivity contribution in [2.45, 2.75) is 50.2 Å². The van der Waals surface area contributed by atoms with Crippen LogP contribution < -0.4 is 4.90 Å². The van der Waals surface area contributed by atoms with Crippen LogP contribution in [0.4, 0.5) is 10.1 Å². The number of aromatic nitrogens is 3. The monoisotopic (exact) mass is 470 g/mol. The number of anilines is 1. The number of methoxy groups -OCH3 is 1. The van der Waals surface area contributed by atoms with E-state index in [0.29, 0.717) is 25.6 Å². The minimum atomic E-state index is -0.511. The fourth-order valence-corrected chi connectivity index (χ4v) is 5.61. The highest BCUT2D eigenvalue weighted by Gasteiger charge is 2.44. The third-order valence-electron chi connectivity index (χ3n) is 7.46. The molecule has 2 atom stereocenters. The molecule has 1 amide bonds. The molecule has 1 aliphatic carbocycles. The SMILES string of the molecule is COC(=O)c1cn([C@@H]2C[C@@H](C(=O)N3CCN(c4ccc(F)cc4)CC3)N(C3CCCC3)C2)nn1. The van der Waals surface area contributed by atoms with Gasteiger partial charge in [-0.2, -0.15) is 0 Å². The highest BCUT2D eigenvalue weighted by molar-refractivity contribution is 5.86. The molecule has 0 radical (unpaired) electrons. The van der Waals surface area contributed by atoms with Crippen molar-refractivity contribution in [3.8, 4) is 0 Å². The van der Waals surface area contributed by atoms with Crippen LogP contribution in [0.2, 0.25) is 0 Å². The van der Waals surface area contributed by atoms with Gasteiger partial charge < -0.3 is 14.5 Å². The number of esters is 1. The molecule has 182 valence electrons. The van der Waals surface area contributed by atoms with Gasteiger partial charge in [0.25, 0.3) is 0 Å². The lowest BCUT2D eigenvalue weighted by atomic mass is 10.1. The Morgan fingerprint density at radius 2 is 1.74 bits per heavy atom. The van der Waals surface area contributed by atoms with Gasteiger partial charge in [0.05, 0.1) is 25.4 Å². The van der Waals surface area contributed by atoms with E-state index in [2.05, 4.69) is 20.1 Å². The number of carbonyl (C=O) groups excluding carboxylic acids is 2. The summed E-state index contributed by atoms with van der Waals surface area (Å²) in [6.45, 7) is 3.46. The van der Waals surface area contributed by atoms with Crippen LogP contribution >= 0.6 is 0 Å². The molecule has 9 nitrogen and oxygen atoms in total. The van der Waals surface area contributed by atoms with Crippen molar-refractivity contribution in [1.82, 2.24) is 24.8 Å². The van der Waals surface area contributed by atoms with Crippen molar-refractivity contribution in [2.24, 2.45) is 0 Å². The van der Waals surface area contributed by atoms with Crippen LogP contribution in [0, 0.1) is 5.82 Å². The van der Waals surface area contributed by atoms with Crippen LogP contribution in [-0.2, 0) is 9.53 Å². The summed E-state index contributed by atoms with van der Waals surface area (Å²) in [5.41, 5.74) is 1.16. The summed E-state index contributed by atoms with van der Waals surface area (Å²) in [5, 5.41) is 8.12. The first kappa shape index (κ1) is 22.8. The number of carbonyl (C=O) groups is 2. The van der Waals surface area contributed by atoms with Crippen molar-refractivity contribution < 1.29 is 18.7 Å². The maximum absolute atomic E-state index is 13.7. The molecule has 0 N–H and O–H groups in total. The number of likely N-dealkylation sites (tertiary alicyclic amines) is 1. The number of ether oxygens (including phenoxy) is 1. The molecule has 2 aliphatic heterocycles. The summed E-state index contributed by atoms with van der Waals surface area (Å²) >= 11 is 0. The molecule has 1 aromatic carbocycles. The number of halogens is 1. The summed E-state index contributed by atoms with van der Waals surface area (Å²) in [6, 6.07) is 6.72.